The summed E-state index contributed by atoms with van der Waals surface area (Å²) in [5.74, 6) is -0.00122. The molecule has 150 valence electrons. The number of ether oxygens (including phenoxy) is 2. The second-order valence-electron chi connectivity index (χ2n) is 7.71. The second kappa shape index (κ2) is 9.40. The van der Waals surface area contributed by atoms with Gasteiger partial charge in [-0.3, -0.25) is 4.79 Å². The average Bonchev–Trinajstić information content (AvgIpc) is 2.65. The molecular weight excluding hydrogens is 354 g/mol. The van der Waals surface area contributed by atoms with Crippen molar-refractivity contribution in [2.45, 2.75) is 52.6 Å². The van der Waals surface area contributed by atoms with Crippen LogP contribution in [0.15, 0.2) is 48.5 Å². The Balaban J connectivity index is 2.07. The van der Waals surface area contributed by atoms with E-state index in [0.717, 1.165) is 12.0 Å². The molecule has 1 atom stereocenters. The molecule has 2 rings (SSSR count). The Morgan fingerprint density at radius 2 is 1.79 bits per heavy atom. The number of hydrogen-bond acceptors (Lipinski definition) is 4. The van der Waals surface area contributed by atoms with Crippen LogP contribution in [-0.4, -0.2) is 24.6 Å². The highest BCUT2D eigenvalue weighted by molar-refractivity contribution is 5.96. The van der Waals surface area contributed by atoms with Crippen molar-refractivity contribution in [2.75, 3.05) is 11.9 Å². The quantitative estimate of drug-likeness (QED) is 0.687. The standard InChI is InChI=1S/C23H29NO4/c1-6-14-27-22(26)17-10-9-11-18(15-17)24-21(25)16(2)28-20-13-8-7-12-19(20)23(3,4)5/h7-13,15-16H,6,14H2,1-5H3,(H,24,25). The maximum atomic E-state index is 12.6. The third-order valence-electron chi connectivity index (χ3n) is 4.17. The molecule has 0 aliphatic heterocycles. The molecule has 2 aromatic rings. The highest BCUT2D eigenvalue weighted by atomic mass is 16.5. The molecule has 0 saturated heterocycles. The van der Waals surface area contributed by atoms with Crippen molar-refractivity contribution in [3.05, 3.63) is 59.7 Å². The number of carbonyl (C=O) groups is 2. The Morgan fingerprint density at radius 1 is 1.07 bits per heavy atom. The zero-order chi connectivity index (χ0) is 20.7. The molecule has 0 saturated carbocycles. The minimum Gasteiger partial charge on any atom is -0.481 e. The smallest absolute Gasteiger partial charge is 0.338 e. The van der Waals surface area contributed by atoms with E-state index in [9.17, 15) is 9.59 Å². The van der Waals surface area contributed by atoms with E-state index >= 15 is 0 Å². The third-order valence-corrected chi connectivity index (χ3v) is 4.17. The van der Waals surface area contributed by atoms with Crippen LogP contribution in [0.5, 0.6) is 5.75 Å². The van der Waals surface area contributed by atoms with Crippen molar-refractivity contribution in [1.29, 1.82) is 0 Å². The lowest BCUT2D eigenvalue weighted by Gasteiger charge is -2.24. The van der Waals surface area contributed by atoms with Crippen molar-refractivity contribution in [2.24, 2.45) is 0 Å². The van der Waals surface area contributed by atoms with Gasteiger partial charge < -0.3 is 14.8 Å². The predicted molar refractivity (Wildman–Crippen MR) is 111 cm³/mol. The van der Waals surface area contributed by atoms with E-state index in [-0.39, 0.29) is 11.3 Å². The lowest BCUT2D eigenvalue weighted by molar-refractivity contribution is -0.122. The first-order chi connectivity index (χ1) is 13.2. The summed E-state index contributed by atoms with van der Waals surface area (Å²) in [5, 5.41) is 2.80. The Hall–Kier alpha value is -2.82. The van der Waals surface area contributed by atoms with Crippen molar-refractivity contribution >= 4 is 17.6 Å². The molecule has 0 spiro atoms. The summed E-state index contributed by atoms with van der Waals surface area (Å²) in [5.41, 5.74) is 1.86. The minimum absolute atomic E-state index is 0.0973. The molecule has 1 unspecified atom stereocenters. The Bertz CT molecular complexity index is 823. The van der Waals surface area contributed by atoms with Crippen LogP contribution in [0.1, 0.15) is 57.0 Å². The van der Waals surface area contributed by atoms with Crippen LogP contribution in [0, 0.1) is 0 Å². The van der Waals surface area contributed by atoms with Crippen molar-refractivity contribution in [3.63, 3.8) is 0 Å². The number of para-hydroxylation sites is 1. The van der Waals surface area contributed by atoms with Gasteiger partial charge in [-0.05, 0) is 48.6 Å². The largest absolute Gasteiger partial charge is 0.481 e. The van der Waals surface area contributed by atoms with Gasteiger partial charge in [0.1, 0.15) is 5.75 Å². The van der Waals surface area contributed by atoms with Crippen molar-refractivity contribution in [1.82, 2.24) is 0 Å². The summed E-state index contributed by atoms with van der Waals surface area (Å²) >= 11 is 0. The monoisotopic (exact) mass is 383 g/mol. The number of amides is 1. The number of anilines is 1. The van der Waals surface area contributed by atoms with Crippen LogP contribution in [0.3, 0.4) is 0 Å². The highest BCUT2D eigenvalue weighted by Crippen LogP contribution is 2.31. The molecule has 0 aliphatic rings. The summed E-state index contributed by atoms with van der Waals surface area (Å²) in [4.78, 5) is 24.6. The molecule has 0 radical (unpaired) electrons. The molecule has 28 heavy (non-hydrogen) atoms. The molecule has 5 heteroatoms. The van der Waals surface area contributed by atoms with Gasteiger partial charge in [-0.1, -0.05) is 52.0 Å². The van der Waals surface area contributed by atoms with E-state index in [1.165, 1.54) is 0 Å². The second-order valence-corrected chi connectivity index (χ2v) is 7.71. The van der Waals surface area contributed by atoms with Gasteiger partial charge >= 0.3 is 5.97 Å². The van der Waals surface area contributed by atoms with Crippen LogP contribution in [0.2, 0.25) is 0 Å². The summed E-state index contributed by atoms with van der Waals surface area (Å²) in [6.45, 7) is 10.3. The maximum Gasteiger partial charge on any atom is 0.338 e. The SMILES string of the molecule is CCCOC(=O)c1cccc(NC(=O)C(C)Oc2ccccc2C(C)(C)C)c1. The zero-order valence-corrected chi connectivity index (χ0v) is 17.2. The normalized spacial score (nSPS) is 12.2. The van der Waals surface area contributed by atoms with E-state index < -0.39 is 12.1 Å². The fraction of sp³-hybridized carbons (Fsp3) is 0.391. The van der Waals surface area contributed by atoms with E-state index in [1.54, 1.807) is 31.2 Å². The van der Waals surface area contributed by atoms with Crippen molar-refractivity contribution in [3.8, 4) is 5.75 Å². The molecule has 0 aliphatic carbocycles. The molecule has 2 aromatic carbocycles. The average molecular weight is 383 g/mol. The van der Waals surface area contributed by atoms with Crippen LogP contribution in [0.25, 0.3) is 0 Å². The number of rotatable bonds is 7. The van der Waals surface area contributed by atoms with E-state index in [0.29, 0.717) is 23.6 Å². The summed E-state index contributed by atoms with van der Waals surface area (Å²) in [6.07, 6.45) is 0.0618. The molecule has 1 amide bonds. The number of nitrogens with one attached hydrogen (secondary N) is 1. The minimum atomic E-state index is -0.695. The van der Waals surface area contributed by atoms with Gasteiger partial charge in [0, 0.05) is 5.69 Å². The summed E-state index contributed by atoms with van der Waals surface area (Å²) in [7, 11) is 0. The number of carbonyl (C=O) groups excluding carboxylic acids is 2. The zero-order valence-electron chi connectivity index (χ0n) is 17.2. The molecular formula is C23H29NO4. The maximum absolute atomic E-state index is 12.6. The van der Waals surface area contributed by atoms with E-state index in [4.69, 9.17) is 9.47 Å². The van der Waals surface area contributed by atoms with Gasteiger partial charge in [-0.2, -0.15) is 0 Å². The first kappa shape index (κ1) is 21.5. The summed E-state index contributed by atoms with van der Waals surface area (Å²) in [6, 6.07) is 14.4. The molecule has 5 nitrogen and oxygen atoms in total. The molecule has 0 fully saturated rings. The number of benzene rings is 2. The van der Waals surface area contributed by atoms with E-state index in [2.05, 4.69) is 26.1 Å². The van der Waals surface area contributed by atoms with E-state index in [1.807, 2.05) is 31.2 Å². The molecule has 0 heterocycles. The molecule has 1 N–H and O–H groups in total. The van der Waals surface area contributed by atoms with Gasteiger partial charge in [-0.25, -0.2) is 4.79 Å². The third kappa shape index (κ3) is 5.84. The number of hydrogen-bond donors (Lipinski definition) is 1. The summed E-state index contributed by atoms with van der Waals surface area (Å²) < 4.78 is 11.1. The van der Waals surface area contributed by atoms with Gasteiger partial charge in [0.15, 0.2) is 6.10 Å². The Labute approximate surface area is 167 Å². The first-order valence-corrected chi connectivity index (χ1v) is 9.56. The Kier molecular flexibility index (Phi) is 7.21. The topological polar surface area (TPSA) is 64.6 Å². The van der Waals surface area contributed by atoms with Crippen LogP contribution in [0.4, 0.5) is 5.69 Å². The van der Waals surface area contributed by atoms with Gasteiger partial charge in [0.2, 0.25) is 0 Å². The van der Waals surface area contributed by atoms with Crippen LogP contribution < -0.4 is 10.1 Å². The lowest BCUT2D eigenvalue weighted by Crippen LogP contribution is -2.31. The van der Waals surface area contributed by atoms with Crippen molar-refractivity contribution < 1.29 is 19.1 Å². The lowest BCUT2D eigenvalue weighted by atomic mass is 9.86. The molecule has 0 aromatic heterocycles. The van der Waals surface area contributed by atoms with Gasteiger partial charge in [0.05, 0.1) is 12.2 Å². The Morgan fingerprint density at radius 3 is 2.46 bits per heavy atom. The van der Waals surface area contributed by atoms with Gasteiger partial charge in [0.25, 0.3) is 5.91 Å². The van der Waals surface area contributed by atoms with Gasteiger partial charge in [-0.15, -0.1) is 0 Å². The van der Waals surface area contributed by atoms with Crippen LogP contribution >= 0.6 is 0 Å². The molecule has 0 bridgehead atoms. The highest BCUT2D eigenvalue weighted by Gasteiger charge is 2.22. The van der Waals surface area contributed by atoms with Crippen LogP contribution in [-0.2, 0) is 14.9 Å². The first-order valence-electron chi connectivity index (χ1n) is 9.56. The predicted octanol–water partition coefficient (Wildman–Crippen LogP) is 4.96. The fourth-order valence-electron chi connectivity index (χ4n) is 2.68. The fourth-order valence-corrected chi connectivity index (χ4v) is 2.68. The number of esters is 1.